The van der Waals surface area contributed by atoms with Gasteiger partial charge in [-0.3, -0.25) is 9.20 Å². The van der Waals surface area contributed by atoms with Crippen LogP contribution in [0.25, 0.3) is 5.65 Å². The minimum Gasteiger partial charge on any atom is -0.357 e. The molecule has 0 atom stereocenters. The third-order valence-electron chi connectivity index (χ3n) is 5.13. The number of rotatable bonds is 6. The second-order valence-electron chi connectivity index (χ2n) is 7.26. The summed E-state index contributed by atoms with van der Waals surface area (Å²) in [6.45, 7) is 4.68. The Balaban J connectivity index is 1.39. The van der Waals surface area contributed by atoms with Crippen LogP contribution in [-0.2, 0) is 17.9 Å². The fourth-order valence-corrected chi connectivity index (χ4v) is 3.55. The van der Waals surface area contributed by atoms with Gasteiger partial charge in [0.15, 0.2) is 17.4 Å². The first-order chi connectivity index (χ1) is 14.7. The number of guanidine groups is 1. The smallest absolute Gasteiger partial charge is 0.226 e. The van der Waals surface area contributed by atoms with E-state index in [-0.39, 0.29) is 5.91 Å². The van der Waals surface area contributed by atoms with Crippen molar-refractivity contribution in [2.75, 3.05) is 18.0 Å². The molecule has 1 saturated heterocycles. The number of anilines is 1. The monoisotopic (exact) mass is 405 g/mol. The third-order valence-corrected chi connectivity index (χ3v) is 5.13. The van der Waals surface area contributed by atoms with Crippen molar-refractivity contribution in [1.29, 1.82) is 0 Å². The Kier molecular flexibility index (Phi) is 6.22. The van der Waals surface area contributed by atoms with Gasteiger partial charge in [-0.15, -0.1) is 10.2 Å². The first-order valence-corrected chi connectivity index (χ1v) is 10.4. The number of aromatic nitrogens is 3. The van der Waals surface area contributed by atoms with Crippen LogP contribution in [0, 0.1) is 0 Å². The number of carbonyl (C=O) groups is 1. The molecule has 1 aromatic carbocycles. The number of nitrogens with one attached hydrogen (secondary N) is 2. The van der Waals surface area contributed by atoms with E-state index >= 15 is 0 Å². The lowest BCUT2D eigenvalue weighted by Crippen LogP contribution is -2.37. The van der Waals surface area contributed by atoms with E-state index in [1.54, 1.807) is 0 Å². The standard InChI is InChI=1S/C22H27N7O/c1-2-23-22(25-16-20-27-26-19-7-3-5-14-29(19)20)24-15-17-9-11-18(12-10-17)28-13-6-4-8-21(28)30/h3,5,7,9-12,14H,2,4,6,8,13,15-16H2,1H3,(H2,23,24,25). The molecule has 1 aliphatic rings. The molecule has 0 radical (unpaired) electrons. The molecule has 8 nitrogen and oxygen atoms in total. The number of pyridine rings is 1. The predicted octanol–water partition coefficient (Wildman–Crippen LogP) is 2.50. The average molecular weight is 406 g/mol. The lowest BCUT2D eigenvalue weighted by molar-refractivity contribution is -0.119. The van der Waals surface area contributed by atoms with E-state index in [1.807, 2.05) is 64.9 Å². The number of piperidine rings is 1. The minimum absolute atomic E-state index is 0.214. The van der Waals surface area contributed by atoms with Crippen LogP contribution in [0.1, 0.15) is 37.6 Å². The highest BCUT2D eigenvalue weighted by Gasteiger charge is 2.19. The second kappa shape index (κ2) is 9.39. The summed E-state index contributed by atoms with van der Waals surface area (Å²) in [5, 5.41) is 15.0. The molecule has 2 N–H and O–H groups in total. The maximum atomic E-state index is 12.1. The molecule has 1 amide bonds. The first-order valence-electron chi connectivity index (χ1n) is 10.4. The number of amides is 1. The van der Waals surface area contributed by atoms with Crippen LogP contribution < -0.4 is 15.5 Å². The van der Waals surface area contributed by atoms with Crippen LogP contribution in [0.3, 0.4) is 0 Å². The molecule has 3 heterocycles. The predicted molar refractivity (Wildman–Crippen MR) is 117 cm³/mol. The number of fused-ring (bicyclic) bond motifs is 1. The summed E-state index contributed by atoms with van der Waals surface area (Å²) in [6, 6.07) is 13.9. The Morgan fingerprint density at radius 1 is 1.10 bits per heavy atom. The largest absolute Gasteiger partial charge is 0.357 e. The normalized spacial score (nSPS) is 14.9. The molecule has 1 aliphatic heterocycles. The van der Waals surface area contributed by atoms with E-state index in [2.05, 4.69) is 25.8 Å². The molecule has 1 fully saturated rings. The van der Waals surface area contributed by atoms with Crippen molar-refractivity contribution in [1.82, 2.24) is 25.2 Å². The lowest BCUT2D eigenvalue weighted by Gasteiger charge is -2.26. The Hall–Kier alpha value is -3.42. The van der Waals surface area contributed by atoms with Gasteiger partial charge >= 0.3 is 0 Å². The summed E-state index contributed by atoms with van der Waals surface area (Å²) < 4.78 is 1.96. The van der Waals surface area contributed by atoms with Gasteiger partial charge in [-0.1, -0.05) is 18.2 Å². The van der Waals surface area contributed by atoms with Crippen molar-refractivity contribution in [3.8, 4) is 0 Å². The molecule has 3 aromatic rings. The van der Waals surface area contributed by atoms with Gasteiger partial charge in [0.2, 0.25) is 5.91 Å². The molecule has 30 heavy (non-hydrogen) atoms. The van der Waals surface area contributed by atoms with E-state index < -0.39 is 0 Å². The van der Waals surface area contributed by atoms with Crippen LogP contribution in [0.4, 0.5) is 5.69 Å². The van der Waals surface area contributed by atoms with Gasteiger partial charge in [-0.25, -0.2) is 4.99 Å². The van der Waals surface area contributed by atoms with Gasteiger partial charge in [0.1, 0.15) is 0 Å². The Morgan fingerprint density at radius 2 is 1.97 bits per heavy atom. The van der Waals surface area contributed by atoms with E-state index in [9.17, 15) is 4.79 Å². The lowest BCUT2D eigenvalue weighted by atomic mass is 10.1. The number of carbonyl (C=O) groups excluding carboxylic acids is 1. The molecular formula is C22H27N7O. The van der Waals surface area contributed by atoms with Crippen molar-refractivity contribution in [2.24, 2.45) is 4.99 Å². The topological polar surface area (TPSA) is 86.9 Å². The highest BCUT2D eigenvalue weighted by atomic mass is 16.2. The van der Waals surface area contributed by atoms with Gasteiger partial charge < -0.3 is 15.5 Å². The summed E-state index contributed by atoms with van der Waals surface area (Å²) in [6.07, 6.45) is 4.65. The van der Waals surface area contributed by atoms with Crippen LogP contribution in [-0.4, -0.2) is 39.6 Å². The molecule has 2 aromatic heterocycles. The number of aliphatic imine (C=N–C) groups is 1. The molecule has 0 unspecified atom stereocenters. The summed E-state index contributed by atoms with van der Waals surface area (Å²) >= 11 is 0. The number of benzene rings is 1. The summed E-state index contributed by atoms with van der Waals surface area (Å²) in [7, 11) is 0. The van der Waals surface area contributed by atoms with E-state index in [1.165, 1.54) is 0 Å². The summed E-state index contributed by atoms with van der Waals surface area (Å²) in [5.41, 5.74) is 2.88. The fourth-order valence-electron chi connectivity index (χ4n) is 3.55. The van der Waals surface area contributed by atoms with Gasteiger partial charge in [0.05, 0.1) is 13.1 Å². The van der Waals surface area contributed by atoms with Crippen LogP contribution in [0.5, 0.6) is 0 Å². The summed E-state index contributed by atoms with van der Waals surface area (Å²) in [5.74, 6) is 1.76. The van der Waals surface area contributed by atoms with E-state index in [4.69, 9.17) is 0 Å². The molecule has 8 heteroatoms. The maximum absolute atomic E-state index is 12.1. The molecule has 0 spiro atoms. The Labute approximate surface area is 176 Å². The van der Waals surface area contributed by atoms with Gasteiger partial charge in [0.25, 0.3) is 0 Å². The summed E-state index contributed by atoms with van der Waals surface area (Å²) in [4.78, 5) is 18.7. The molecular weight excluding hydrogens is 378 g/mol. The zero-order valence-corrected chi connectivity index (χ0v) is 17.2. The zero-order chi connectivity index (χ0) is 20.8. The Morgan fingerprint density at radius 3 is 2.77 bits per heavy atom. The second-order valence-corrected chi connectivity index (χ2v) is 7.26. The molecule has 0 bridgehead atoms. The van der Waals surface area contributed by atoms with E-state index in [0.29, 0.717) is 19.5 Å². The number of hydrogen-bond acceptors (Lipinski definition) is 4. The third kappa shape index (κ3) is 4.59. The van der Waals surface area contributed by atoms with E-state index in [0.717, 1.165) is 54.6 Å². The van der Waals surface area contributed by atoms with Crippen molar-refractivity contribution in [3.63, 3.8) is 0 Å². The molecule has 0 aliphatic carbocycles. The molecule has 0 saturated carbocycles. The number of nitrogens with zero attached hydrogens (tertiary/aromatic N) is 5. The molecule has 4 rings (SSSR count). The Bertz CT molecular complexity index is 1030. The highest BCUT2D eigenvalue weighted by molar-refractivity contribution is 5.93. The highest BCUT2D eigenvalue weighted by Crippen LogP contribution is 2.21. The zero-order valence-electron chi connectivity index (χ0n) is 17.2. The molecule has 156 valence electrons. The van der Waals surface area contributed by atoms with Crippen LogP contribution in [0.15, 0.2) is 53.7 Å². The van der Waals surface area contributed by atoms with Crippen LogP contribution >= 0.6 is 0 Å². The van der Waals surface area contributed by atoms with Crippen molar-refractivity contribution < 1.29 is 4.79 Å². The van der Waals surface area contributed by atoms with Crippen molar-refractivity contribution in [2.45, 2.75) is 39.3 Å². The van der Waals surface area contributed by atoms with Gasteiger partial charge in [-0.05, 0) is 49.6 Å². The SMILES string of the molecule is CCNC(=NCc1ccc(N2CCCCC2=O)cc1)NCc1nnc2ccccn12. The van der Waals surface area contributed by atoms with Crippen LogP contribution in [0.2, 0.25) is 0 Å². The van der Waals surface area contributed by atoms with Crippen molar-refractivity contribution >= 4 is 23.2 Å². The van der Waals surface area contributed by atoms with Crippen molar-refractivity contribution in [3.05, 3.63) is 60.0 Å². The first kappa shape index (κ1) is 19.9. The minimum atomic E-state index is 0.214. The average Bonchev–Trinajstić information content (AvgIpc) is 3.20. The maximum Gasteiger partial charge on any atom is 0.226 e. The quantitative estimate of drug-likeness (QED) is 0.486. The number of hydrogen-bond donors (Lipinski definition) is 2. The van der Waals surface area contributed by atoms with Gasteiger partial charge in [0, 0.05) is 31.4 Å². The fraction of sp³-hybridized carbons (Fsp3) is 0.364. The van der Waals surface area contributed by atoms with Gasteiger partial charge in [-0.2, -0.15) is 0 Å².